The molecule has 0 aliphatic carbocycles. The van der Waals surface area contributed by atoms with Crippen molar-refractivity contribution in [2.45, 2.75) is 45.2 Å². The summed E-state index contributed by atoms with van der Waals surface area (Å²) in [7, 11) is 0. The molecule has 8 heteroatoms. The maximum Gasteiger partial charge on any atom is 0.251 e. The number of hydrogen-bond acceptors (Lipinski definition) is 6. The Balaban J connectivity index is 1.36. The fraction of sp³-hybridized carbons (Fsp3) is 0.310. The van der Waals surface area contributed by atoms with E-state index in [-0.39, 0.29) is 11.9 Å². The van der Waals surface area contributed by atoms with E-state index in [1.807, 2.05) is 43.3 Å². The lowest BCUT2D eigenvalue weighted by molar-refractivity contribution is 0.0940. The number of anilines is 1. The van der Waals surface area contributed by atoms with Gasteiger partial charge in [0.2, 0.25) is 0 Å². The van der Waals surface area contributed by atoms with E-state index in [1.54, 1.807) is 12.4 Å². The average molecular weight is 496 g/mol. The number of aromatic nitrogens is 4. The van der Waals surface area contributed by atoms with E-state index in [4.69, 9.17) is 4.98 Å². The van der Waals surface area contributed by atoms with Crippen molar-refractivity contribution in [3.8, 4) is 11.4 Å². The largest absolute Gasteiger partial charge is 0.373 e. The van der Waals surface area contributed by atoms with Crippen LogP contribution in [0.5, 0.6) is 0 Å². The summed E-state index contributed by atoms with van der Waals surface area (Å²) in [6.07, 6.45) is 5.14. The fourth-order valence-corrected chi connectivity index (χ4v) is 5.06. The quantitative estimate of drug-likeness (QED) is 0.297. The van der Waals surface area contributed by atoms with Crippen LogP contribution in [-0.4, -0.2) is 39.2 Å². The summed E-state index contributed by atoms with van der Waals surface area (Å²) in [5, 5.41) is 17.9. The molecule has 2 aromatic carbocycles. The van der Waals surface area contributed by atoms with Crippen molar-refractivity contribution < 1.29 is 4.79 Å². The number of hydrogen-bond donors (Lipinski definition) is 4. The van der Waals surface area contributed by atoms with Crippen LogP contribution in [0.2, 0.25) is 0 Å². The minimum Gasteiger partial charge on any atom is -0.373 e. The van der Waals surface area contributed by atoms with Gasteiger partial charge in [-0.1, -0.05) is 29.8 Å². The molecule has 2 aromatic heterocycles. The van der Waals surface area contributed by atoms with Gasteiger partial charge in [0.15, 0.2) is 11.6 Å². The maximum atomic E-state index is 13.2. The summed E-state index contributed by atoms with van der Waals surface area (Å²) >= 11 is 0. The fourth-order valence-electron chi connectivity index (χ4n) is 5.06. The second-order valence-electron chi connectivity index (χ2n) is 9.84. The minimum absolute atomic E-state index is 0.0960. The molecule has 8 nitrogen and oxygen atoms in total. The first-order valence-electron chi connectivity index (χ1n) is 12.7. The molecule has 0 bridgehead atoms. The van der Waals surface area contributed by atoms with Crippen LogP contribution in [0.1, 0.15) is 58.7 Å². The highest BCUT2D eigenvalue weighted by atomic mass is 16.1. The second kappa shape index (κ2) is 10.5. The van der Waals surface area contributed by atoms with Crippen LogP contribution in [0, 0.1) is 13.8 Å². The van der Waals surface area contributed by atoms with Crippen LogP contribution in [0.25, 0.3) is 11.4 Å². The first-order chi connectivity index (χ1) is 17.9. The zero-order valence-electron chi connectivity index (χ0n) is 21.5. The number of piperidine rings is 1. The summed E-state index contributed by atoms with van der Waals surface area (Å²) in [6, 6.07) is 17.7. The average Bonchev–Trinajstić information content (AvgIpc) is 3.41. The van der Waals surface area contributed by atoms with E-state index in [2.05, 4.69) is 63.2 Å². The van der Waals surface area contributed by atoms with Crippen LogP contribution >= 0.6 is 0 Å². The standard InChI is InChI=1S/C29H33N7O/c1-19-7-8-25(20(2)17-19)21(3)32-27(37)23-5-4-6-24(18-23)34-29(11-15-31-16-12-29)28-33-26(35-36-28)22-9-13-30-14-10-22/h4-10,13-14,17-18,21,31,34H,11-12,15-16H2,1-3H3,(H,32,37)(H,33,35,36). The number of pyridine rings is 1. The van der Waals surface area contributed by atoms with Gasteiger partial charge in [0.25, 0.3) is 5.91 Å². The van der Waals surface area contributed by atoms with E-state index in [0.29, 0.717) is 11.4 Å². The van der Waals surface area contributed by atoms with E-state index in [9.17, 15) is 4.79 Å². The Morgan fingerprint density at radius 2 is 1.81 bits per heavy atom. The molecule has 37 heavy (non-hydrogen) atoms. The van der Waals surface area contributed by atoms with Crippen molar-refractivity contribution in [3.63, 3.8) is 0 Å². The van der Waals surface area contributed by atoms with Crippen molar-refractivity contribution >= 4 is 11.6 Å². The Bertz CT molecular complexity index is 1380. The smallest absolute Gasteiger partial charge is 0.251 e. The molecule has 1 fully saturated rings. The molecule has 4 aromatic rings. The lowest BCUT2D eigenvalue weighted by atomic mass is 9.87. The topological polar surface area (TPSA) is 108 Å². The third-order valence-corrected chi connectivity index (χ3v) is 7.08. The maximum absolute atomic E-state index is 13.2. The van der Waals surface area contributed by atoms with E-state index in [1.165, 1.54) is 11.1 Å². The predicted molar refractivity (Wildman–Crippen MR) is 145 cm³/mol. The Hall–Kier alpha value is -4.04. The van der Waals surface area contributed by atoms with E-state index < -0.39 is 5.54 Å². The number of aromatic amines is 1. The van der Waals surface area contributed by atoms with Gasteiger partial charge in [0, 0.05) is 29.2 Å². The first-order valence-corrected chi connectivity index (χ1v) is 12.7. The zero-order chi connectivity index (χ0) is 25.8. The monoisotopic (exact) mass is 495 g/mol. The van der Waals surface area contributed by atoms with Gasteiger partial charge in [-0.25, -0.2) is 4.98 Å². The second-order valence-corrected chi connectivity index (χ2v) is 9.84. The van der Waals surface area contributed by atoms with E-state index in [0.717, 1.165) is 48.6 Å². The molecule has 1 unspecified atom stereocenters. The van der Waals surface area contributed by atoms with Crippen LogP contribution < -0.4 is 16.0 Å². The normalized spacial score (nSPS) is 15.6. The highest BCUT2D eigenvalue weighted by molar-refractivity contribution is 5.95. The van der Waals surface area contributed by atoms with Crippen molar-refractivity contribution in [1.29, 1.82) is 0 Å². The molecule has 1 aliphatic rings. The number of nitrogens with one attached hydrogen (secondary N) is 4. The molecule has 1 amide bonds. The number of H-pyrrole nitrogens is 1. The first kappa shape index (κ1) is 24.6. The number of carbonyl (C=O) groups is 1. The van der Waals surface area contributed by atoms with Crippen LogP contribution in [0.3, 0.4) is 0 Å². The van der Waals surface area contributed by atoms with Gasteiger partial charge >= 0.3 is 0 Å². The number of benzene rings is 2. The van der Waals surface area contributed by atoms with Gasteiger partial charge in [-0.05, 0) is 88.2 Å². The van der Waals surface area contributed by atoms with Gasteiger partial charge in [-0.15, -0.1) is 0 Å². The molecule has 190 valence electrons. The molecule has 0 radical (unpaired) electrons. The highest BCUT2D eigenvalue weighted by Gasteiger charge is 2.37. The van der Waals surface area contributed by atoms with Crippen LogP contribution in [0.4, 0.5) is 5.69 Å². The van der Waals surface area contributed by atoms with Gasteiger partial charge in [-0.2, -0.15) is 5.10 Å². The molecule has 1 saturated heterocycles. The molecule has 5 rings (SSSR count). The van der Waals surface area contributed by atoms with Gasteiger partial charge in [0.1, 0.15) is 0 Å². The summed E-state index contributed by atoms with van der Waals surface area (Å²) in [5.41, 5.74) is 5.48. The summed E-state index contributed by atoms with van der Waals surface area (Å²) in [5.74, 6) is 1.33. The van der Waals surface area contributed by atoms with Crippen LogP contribution in [-0.2, 0) is 5.54 Å². The predicted octanol–water partition coefficient (Wildman–Crippen LogP) is 4.67. The van der Waals surface area contributed by atoms with Crippen molar-refractivity contribution in [2.75, 3.05) is 18.4 Å². The SMILES string of the molecule is Cc1ccc(C(C)NC(=O)c2cccc(NC3(c4nc(-c5ccncc5)n[nH]4)CCNCC3)c2)c(C)c1. The number of nitrogens with zero attached hydrogens (tertiary/aromatic N) is 3. The molecule has 0 spiro atoms. The third-order valence-electron chi connectivity index (χ3n) is 7.08. The molecule has 1 atom stereocenters. The molecule has 3 heterocycles. The number of amides is 1. The summed E-state index contributed by atoms with van der Waals surface area (Å²) in [6.45, 7) is 7.88. The van der Waals surface area contributed by atoms with E-state index >= 15 is 0 Å². The number of rotatable bonds is 7. The summed E-state index contributed by atoms with van der Waals surface area (Å²) < 4.78 is 0. The molecular weight excluding hydrogens is 462 g/mol. The third kappa shape index (κ3) is 5.39. The van der Waals surface area contributed by atoms with Crippen molar-refractivity contribution in [3.05, 3.63) is 95.1 Å². The van der Waals surface area contributed by atoms with Crippen molar-refractivity contribution in [1.82, 2.24) is 30.8 Å². The van der Waals surface area contributed by atoms with Gasteiger partial charge < -0.3 is 16.0 Å². The zero-order valence-corrected chi connectivity index (χ0v) is 21.5. The Morgan fingerprint density at radius 1 is 1.03 bits per heavy atom. The molecule has 0 saturated carbocycles. The van der Waals surface area contributed by atoms with Crippen LogP contribution in [0.15, 0.2) is 67.0 Å². The number of aryl methyl sites for hydroxylation is 2. The summed E-state index contributed by atoms with van der Waals surface area (Å²) in [4.78, 5) is 22.1. The molecular formula is C29H33N7O. The number of carbonyl (C=O) groups excluding carboxylic acids is 1. The van der Waals surface area contributed by atoms with Gasteiger partial charge in [-0.3, -0.25) is 14.9 Å². The highest BCUT2D eigenvalue weighted by Crippen LogP contribution is 2.34. The molecule has 4 N–H and O–H groups in total. The molecule has 1 aliphatic heterocycles. The Labute approximate surface area is 217 Å². The Kier molecular flexibility index (Phi) is 7.01. The van der Waals surface area contributed by atoms with Crippen molar-refractivity contribution in [2.24, 2.45) is 0 Å². The van der Waals surface area contributed by atoms with Gasteiger partial charge in [0.05, 0.1) is 11.6 Å². The lowest BCUT2D eigenvalue weighted by Gasteiger charge is -2.37. The Morgan fingerprint density at radius 3 is 2.57 bits per heavy atom. The minimum atomic E-state index is -0.426. The lowest BCUT2D eigenvalue weighted by Crippen LogP contribution is -2.46.